The van der Waals surface area contributed by atoms with E-state index in [-0.39, 0.29) is 17.6 Å². The zero-order valence-electron chi connectivity index (χ0n) is 26.0. The lowest BCUT2D eigenvalue weighted by Crippen LogP contribution is -2.33. The number of anilines is 2. The van der Waals surface area contributed by atoms with E-state index in [4.69, 9.17) is 4.98 Å². The number of hydrogen-bond acceptors (Lipinski definition) is 7. The maximum atomic E-state index is 13.2. The number of hydrogen-bond donors (Lipinski definition) is 2. The molecule has 222 valence electrons. The maximum absolute atomic E-state index is 13.2. The van der Waals surface area contributed by atoms with E-state index in [9.17, 15) is 15.2 Å². The molecule has 1 aliphatic rings. The fraction of sp³-hybridized carbons (Fsp3) is 0.457. The first-order valence-electron chi connectivity index (χ1n) is 15.1. The Labute approximate surface area is 251 Å². The molecule has 0 saturated carbocycles. The average Bonchev–Trinajstić information content (AvgIpc) is 2.99. The molecule has 0 bridgehead atoms. The van der Waals surface area contributed by atoms with Crippen molar-refractivity contribution in [3.05, 3.63) is 59.2 Å². The Bertz CT molecular complexity index is 1450. The molecule has 0 aliphatic carbocycles. The van der Waals surface area contributed by atoms with Gasteiger partial charge in [0, 0.05) is 56.8 Å². The molecular weight excluding hydrogens is 522 g/mol. The molecule has 1 aromatic heterocycles. The van der Waals surface area contributed by atoms with E-state index in [0.717, 1.165) is 54.0 Å². The number of aromatic hydroxyl groups is 1. The largest absolute Gasteiger partial charge is 0.507 e. The molecule has 0 radical (unpaired) electrons. The molecule has 0 spiro atoms. The van der Waals surface area contributed by atoms with Crippen molar-refractivity contribution in [3.63, 3.8) is 0 Å². The van der Waals surface area contributed by atoms with Gasteiger partial charge in [0.25, 0.3) is 0 Å². The summed E-state index contributed by atoms with van der Waals surface area (Å²) in [5, 5.41) is 24.0. The number of Topliss-reactive ketones (excluding diaryl/α,β-unsaturated/α-hetero) is 1. The van der Waals surface area contributed by atoms with Crippen molar-refractivity contribution < 1.29 is 9.90 Å². The van der Waals surface area contributed by atoms with Crippen LogP contribution in [0.1, 0.15) is 56.2 Å². The first kappa shape index (κ1) is 31.1. The number of pyridine rings is 1. The molecule has 2 aromatic carbocycles. The summed E-state index contributed by atoms with van der Waals surface area (Å²) in [7, 11) is 5.82. The number of likely N-dealkylation sites (tertiary alicyclic amines) is 1. The molecule has 1 saturated heterocycles. The number of benzene rings is 2. The number of rotatable bonds is 11. The normalized spacial score (nSPS) is 15.1. The molecule has 2 N–H and O–H groups in total. The second kappa shape index (κ2) is 13.8. The Morgan fingerprint density at radius 2 is 1.86 bits per heavy atom. The molecule has 2 atom stereocenters. The first-order valence-corrected chi connectivity index (χ1v) is 15.1. The Morgan fingerprint density at radius 1 is 1.14 bits per heavy atom. The minimum Gasteiger partial charge on any atom is -0.507 e. The SMILES string of the molecule is CNc1nc(-c2ccccc2O)c(C)c(-c2ccc(N(C)C)c(CC(C)C(C)C(=O)CCN3CCCCC3)c2)c1C#N. The van der Waals surface area contributed by atoms with Crippen molar-refractivity contribution in [2.45, 2.75) is 52.9 Å². The van der Waals surface area contributed by atoms with Crippen LogP contribution >= 0.6 is 0 Å². The second-order valence-corrected chi connectivity index (χ2v) is 11.9. The second-order valence-electron chi connectivity index (χ2n) is 11.9. The third-order valence-electron chi connectivity index (χ3n) is 8.82. The minimum atomic E-state index is -0.0469. The standard InChI is InChI=1S/C35H45N5O2/c1-23(24(2)31(41)16-19-40-17-10-7-11-18-40)20-27-21-26(14-15-30(27)39(5)6)33-25(3)34(28-12-8-9-13-32(28)42)38-35(37-4)29(33)22-36/h8-9,12-15,21,23-24,42H,7,10-11,16-20H2,1-6H3,(H,37,38). The van der Waals surface area contributed by atoms with Crippen LogP contribution in [0.4, 0.5) is 11.5 Å². The molecule has 0 amide bonds. The van der Waals surface area contributed by atoms with Gasteiger partial charge in [-0.15, -0.1) is 0 Å². The molecule has 3 aromatic rings. The van der Waals surface area contributed by atoms with Crippen LogP contribution in [0.5, 0.6) is 5.75 Å². The summed E-state index contributed by atoms with van der Waals surface area (Å²) in [5.41, 5.74) is 6.47. The summed E-state index contributed by atoms with van der Waals surface area (Å²) < 4.78 is 0. The zero-order valence-corrected chi connectivity index (χ0v) is 26.0. The lowest BCUT2D eigenvalue weighted by Gasteiger charge is -2.27. The highest BCUT2D eigenvalue weighted by Crippen LogP contribution is 2.40. The lowest BCUT2D eigenvalue weighted by molar-refractivity contribution is -0.124. The maximum Gasteiger partial charge on any atom is 0.145 e. The Kier molecular flexibility index (Phi) is 10.2. The third kappa shape index (κ3) is 6.77. The van der Waals surface area contributed by atoms with Crippen molar-refractivity contribution in [1.82, 2.24) is 9.88 Å². The van der Waals surface area contributed by atoms with Crippen molar-refractivity contribution in [3.8, 4) is 34.2 Å². The van der Waals surface area contributed by atoms with Crippen LogP contribution in [-0.2, 0) is 11.2 Å². The van der Waals surface area contributed by atoms with Gasteiger partial charge in [-0.25, -0.2) is 4.98 Å². The number of carbonyl (C=O) groups is 1. The smallest absolute Gasteiger partial charge is 0.145 e. The third-order valence-corrected chi connectivity index (χ3v) is 8.82. The lowest BCUT2D eigenvalue weighted by atomic mass is 9.84. The van der Waals surface area contributed by atoms with Gasteiger partial charge in [-0.1, -0.05) is 38.5 Å². The van der Waals surface area contributed by atoms with E-state index in [1.54, 1.807) is 19.2 Å². The summed E-state index contributed by atoms with van der Waals surface area (Å²) in [6.07, 6.45) is 5.12. The van der Waals surface area contributed by atoms with E-state index < -0.39 is 0 Å². The number of nitriles is 1. The fourth-order valence-corrected chi connectivity index (χ4v) is 6.12. The van der Waals surface area contributed by atoms with Crippen LogP contribution in [0, 0.1) is 30.1 Å². The van der Waals surface area contributed by atoms with Gasteiger partial charge in [0.05, 0.1) is 5.69 Å². The van der Waals surface area contributed by atoms with Gasteiger partial charge in [-0.05, 0) is 86.1 Å². The number of ketones is 1. The molecule has 2 unspecified atom stereocenters. The predicted molar refractivity (Wildman–Crippen MR) is 172 cm³/mol. The van der Waals surface area contributed by atoms with Gasteiger partial charge >= 0.3 is 0 Å². The van der Waals surface area contributed by atoms with Gasteiger partial charge in [0.2, 0.25) is 0 Å². The van der Waals surface area contributed by atoms with Crippen LogP contribution in [0.2, 0.25) is 0 Å². The molecule has 1 aliphatic heterocycles. The topological polar surface area (TPSA) is 92.5 Å². The zero-order chi connectivity index (χ0) is 30.4. The number of aromatic nitrogens is 1. The Morgan fingerprint density at radius 3 is 2.50 bits per heavy atom. The Balaban J connectivity index is 1.69. The summed E-state index contributed by atoms with van der Waals surface area (Å²) in [6, 6.07) is 15.8. The predicted octanol–water partition coefficient (Wildman–Crippen LogP) is 6.67. The fourth-order valence-electron chi connectivity index (χ4n) is 6.12. The van der Waals surface area contributed by atoms with Crippen LogP contribution < -0.4 is 10.2 Å². The van der Waals surface area contributed by atoms with Gasteiger partial charge < -0.3 is 20.2 Å². The molecule has 2 heterocycles. The van der Waals surface area contributed by atoms with E-state index >= 15 is 0 Å². The summed E-state index contributed by atoms with van der Waals surface area (Å²) in [6.45, 7) is 9.27. The first-order chi connectivity index (χ1) is 20.2. The van der Waals surface area contributed by atoms with Crippen molar-refractivity contribution in [1.29, 1.82) is 5.26 Å². The van der Waals surface area contributed by atoms with Crippen molar-refractivity contribution in [2.75, 3.05) is 51.0 Å². The number of phenols is 1. The van der Waals surface area contributed by atoms with E-state index in [1.165, 1.54) is 19.3 Å². The number of carbonyl (C=O) groups excluding carboxylic acids is 1. The van der Waals surface area contributed by atoms with Gasteiger partial charge in [0.15, 0.2) is 0 Å². The monoisotopic (exact) mass is 567 g/mol. The molecule has 7 heteroatoms. The van der Waals surface area contributed by atoms with Crippen LogP contribution in [0.15, 0.2) is 42.5 Å². The number of phenolic OH excluding ortho intramolecular Hbond substituents is 1. The summed E-state index contributed by atoms with van der Waals surface area (Å²) >= 11 is 0. The van der Waals surface area contributed by atoms with Crippen LogP contribution in [0.25, 0.3) is 22.4 Å². The van der Waals surface area contributed by atoms with Crippen molar-refractivity contribution in [2.24, 2.45) is 11.8 Å². The molecular formula is C35H45N5O2. The summed E-state index contributed by atoms with van der Waals surface area (Å²) in [4.78, 5) is 22.5. The quantitative estimate of drug-likeness (QED) is 0.267. The van der Waals surface area contributed by atoms with Crippen molar-refractivity contribution >= 4 is 17.3 Å². The van der Waals surface area contributed by atoms with Crippen LogP contribution in [0.3, 0.4) is 0 Å². The highest BCUT2D eigenvalue weighted by atomic mass is 16.3. The van der Waals surface area contributed by atoms with E-state index in [1.807, 2.05) is 39.2 Å². The minimum absolute atomic E-state index is 0.0469. The van der Waals surface area contributed by atoms with Gasteiger partial charge in [0.1, 0.15) is 29.0 Å². The molecule has 7 nitrogen and oxygen atoms in total. The Hall–Kier alpha value is -3.89. The molecule has 1 fully saturated rings. The number of nitrogens with one attached hydrogen (secondary N) is 1. The summed E-state index contributed by atoms with van der Waals surface area (Å²) in [5.74, 6) is 1.05. The number of nitrogens with zero attached hydrogens (tertiary/aromatic N) is 4. The average molecular weight is 568 g/mol. The van der Waals surface area contributed by atoms with E-state index in [2.05, 4.69) is 47.2 Å². The highest BCUT2D eigenvalue weighted by Gasteiger charge is 2.25. The van der Waals surface area contributed by atoms with Crippen LogP contribution in [-0.4, -0.2) is 61.6 Å². The molecule has 42 heavy (non-hydrogen) atoms. The molecule has 4 rings (SSSR count). The van der Waals surface area contributed by atoms with Gasteiger partial charge in [-0.2, -0.15) is 5.26 Å². The number of para-hydroxylation sites is 1. The van der Waals surface area contributed by atoms with Gasteiger partial charge in [-0.3, -0.25) is 4.79 Å². The number of piperidine rings is 1. The van der Waals surface area contributed by atoms with E-state index in [0.29, 0.717) is 34.8 Å². The highest BCUT2D eigenvalue weighted by molar-refractivity contribution is 5.87.